The smallest absolute Gasteiger partial charge is 0.179 e. The van der Waals surface area contributed by atoms with E-state index in [1.165, 1.54) is 12.1 Å². The first-order chi connectivity index (χ1) is 11.0. The van der Waals surface area contributed by atoms with Gasteiger partial charge in [-0.1, -0.05) is 26.0 Å². The van der Waals surface area contributed by atoms with Gasteiger partial charge >= 0.3 is 0 Å². The zero-order valence-electron chi connectivity index (χ0n) is 14.0. The van der Waals surface area contributed by atoms with E-state index < -0.39 is 19.7 Å². The minimum atomic E-state index is -3.65. The maximum Gasteiger partial charge on any atom is 0.179 e. The average molecular weight is 368 g/mol. The molecule has 5 nitrogen and oxygen atoms in total. The molecule has 0 saturated carbocycles. The number of hydrogen-bond donors (Lipinski definition) is 0. The molecule has 0 N–H and O–H groups in total. The molecule has 0 aliphatic rings. The molecule has 2 aromatic rings. The van der Waals surface area contributed by atoms with Gasteiger partial charge in [0.1, 0.15) is 16.4 Å². The Morgan fingerprint density at radius 3 is 2.08 bits per heavy atom. The Morgan fingerprint density at radius 1 is 0.875 bits per heavy atom. The zero-order valence-corrected chi connectivity index (χ0v) is 15.6. The molecular weight excluding hydrogens is 348 g/mol. The fourth-order valence-corrected chi connectivity index (χ4v) is 3.70. The van der Waals surface area contributed by atoms with Gasteiger partial charge in [0, 0.05) is 12.5 Å². The lowest BCUT2D eigenvalue weighted by Crippen LogP contribution is -2.04. The van der Waals surface area contributed by atoms with Gasteiger partial charge < -0.3 is 4.74 Å². The van der Waals surface area contributed by atoms with Crippen LogP contribution >= 0.6 is 0 Å². The molecule has 0 aliphatic heterocycles. The Morgan fingerprint density at radius 2 is 1.54 bits per heavy atom. The summed E-state index contributed by atoms with van der Waals surface area (Å²) < 4.78 is 53.1. The van der Waals surface area contributed by atoms with Crippen LogP contribution in [0.15, 0.2) is 52.3 Å². The van der Waals surface area contributed by atoms with Gasteiger partial charge in [-0.05, 0) is 41.8 Å². The molecule has 0 heterocycles. The molecule has 0 aliphatic carbocycles. The third kappa shape index (κ3) is 4.36. The van der Waals surface area contributed by atoms with E-state index in [4.69, 9.17) is 4.74 Å². The molecule has 0 fully saturated rings. The molecule has 0 bridgehead atoms. The van der Waals surface area contributed by atoms with Crippen molar-refractivity contribution in [3.05, 3.63) is 48.0 Å². The molecule has 0 spiro atoms. The third-order valence-electron chi connectivity index (χ3n) is 3.50. The Balaban J connectivity index is 2.53. The van der Waals surface area contributed by atoms with Gasteiger partial charge in [0.2, 0.25) is 0 Å². The fourth-order valence-electron chi connectivity index (χ4n) is 2.16. The van der Waals surface area contributed by atoms with E-state index >= 15 is 0 Å². The van der Waals surface area contributed by atoms with Gasteiger partial charge in [-0.2, -0.15) is 0 Å². The van der Waals surface area contributed by atoms with Crippen molar-refractivity contribution in [2.24, 2.45) is 0 Å². The van der Waals surface area contributed by atoms with Gasteiger partial charge in [0.15, 0.2) is 19.7 Å². The Bertz CT molecular complexity index is 958. The predicted molar refractivity (Wildman–Crippen MR) is 93.3 cm³/mol. The second-order valence-corrected chi connectivity index (χ2v) is 9.98. The van der Waals surface area contributed by atoms with Crippen molar-refractivity contribution in [3.63, 3.8) is 0 Å². The highest BCUT2D eigenvalue weighted by atomic mass is 32.2. The molecule has 0 unspecified atom stereocenters. The molecule has 0 amide bonds. The lowest BCUT2D eigenvalue weighted by molar-refractivity contribution is 0.466. The first kappa shape index (κ1) is 18.5. The number of benzene rings is 2. The maximum absolute atomic E-state index is 12.0. The molecule has 0 saturated heterocycles. The Labute approximate surface area is 143 Å². The summed E-state index contributed by atoms with van der Waals surface area (Å²) in [5, 5.41) is 0. The first-order valence-corrected chi connectivity index (χ1v) is 11.1. The summed E-state index contributed by atoms with van der Waals surface area (Å²) in [4.78, 5) is -0.216. The van der Waals surface area contributed by atoms with Gasteiger partial charge in [-0.25, -0.2) is 16.8 Å². The van der Waals surface area contributed by atoms with Gasteiger partial charge in [0.25, 0.3) is 0 Å². The van der Waals surface area contributed by atoms with Crippen molar-refractivity contribution in [2.75, 3.05) is 12.5 Å². The zero-order chi connectivity index (χ0) is 18.1. The van der Waals surface area contributed by atoms with E-state index in [-0.39, 0.29) is 15.5 Å². The monoisotopic (exact) mass is 368 g/mol. The average Bonchev–Trinajstić information content (AvgIpc) is 2.45. The van der Waals surface area contributed by atoms with Crippen molar-refractivity contribution in [2.45, 2.75) is 29.6 Å². The SMILES string of the molecule is CC(C)c1cccc(Oc2ccc(S(C)(=O)=O)cc2S(C)(=O)=O)c1. The summed E-state index contributed by atoms with van der Waals surface area (Å²) in [6.07, 6.45) is 2.05. The van der Waals surface area contributed by atoms with E-state index in [1.54, 1.807) is 6.07 Å². The highest BCUT2D eigenvalue weighted by Gasteiger charge is 2.19. The summed E-state index contributed by atoms with van der Waals surface area (Å²) in [7, 11) is -7.17. The van der Waals surface area contributed by atoms with Crippen LogP contribution in [0.25, 0.3) is 0 Å². The number of ether oxygens (including phenoxy) is 1. The Kier molecular flexibility index (Phi) is 5.05. The topological polar surface area (TPSA) is 77.5 Å². The summed E-state index contributed by atoms with van der Waals surface area (Å²) in [5.41, 5.74) is 1.06. The standard InChI is InChI=1S/C17H20O5S2/c1-12(2)13-6-5-7-14(10-13)22-16-9-8-15(23(3,18)19)11-17(16)24(4,20)21/h5-12H,1-4H3. The van der Waals surface area contributed by atoms with Crippen LogP contribution in [0.4, 0.5) is 0 Å². The van der Waals surface area contributed by atoms with Crippen LogP contribution < -0.4 is 4.74 Å². The van der Waals surface area contributed by atoms with Crippen LogP contribution in [-0.4, -0.2) is 29.3 Å². The van der Waals surface area contributed by atoms with Crippen LogP contribution in [0.1, 0.15) is 25.3 Å². The van der Waals surface area contributed by atoms with Crippen molar-refractivity contribution in [1.29, 1.82) is 0 Å². The first-order valence-electron chi connectivity index (χ1n) is 7.30. The van der Waals surface area contributed by atoms with Crippen LogP contribution in [0.3, 0.4) is 0 Å². The van der Waals surface area contributed by atoms with Crippen molar-refractivity contribution in [3.8, 4) is 11.5 Å². The number of hydrogen-bond acceptors (Lipinski definition) is 5. The minimum Gasteiger partial charge on any atom is -0.456 e. The van der Waals surface area contributed by atoms with E-state index in [1.807, 2.05) is 32.0 Å². The van der Waals surface area contributed by atoms with Crippen LogP contribution in [0.2, 0.25) is 0 Å². The largest absolute Gasteiger partial charge is 0.456 e. The van der Waals surface area contributed by atoms with Crippen molar-refractivity contribution >= 4 is 19.7 Å². The second-order valence-electron chi connectivity index (χ2n) is 5.98. The van der Waals surface area contributed by atoms with E-state index in [0.717, 1.165) is 24.1 Å². The van der Waals surface area contributed by atoms with E-state index in [9.17, 15) is 16.8 Å². The number of sulfone groups is 2. The highest BCUT2D eigenvalue weighted by molar-refractivity contribution is 7.91. The van der Waals surface area contributed by atoms with Gasteiger partial charge in [0.05, 0.1) is 4.90 Å². The lowest BCUT2D eigenvalue weighted by atomic mass is 10.0. The summed E-state index contributed by atoms with van der Waals surface area (Å²) in [6.45, 7) is 4.09. The van der Waals surface area contributed by atoms with Crippen LogP contribution in [0.5, 0.6) is 11.5 Å². The molecule has 7 heteroatoms. The summed E-state index contributed by atoms with van der Waals surface area (Å²) in [6, 6.07) is 11.2. The van der Waals surface area contributed by atoms with Crippen LogP contribution in [-0.2, 0) is 19.7 Å². The van der Waals surface area contributed by atoms with Crippen LogP contribution in [0, 0.1) is 0 Å². The number of rotatable bonds is 5. The van der Waals surface area contributed by atoms with Crippen molar-refractivity contribution < 1.29 is 21.6 Å². The quantitative estimate of drug-likeness (QED) is 0.808. The maximum atomic E-state index is 12.0. The summed E-state index contributed by atoms with van der Waals surface area (Å²) >= 11 is 0. The fraction of sp³-hybridized carbons (Fsp3) is 0.294. The van der Waals surface area contributed by atoms with Gasteiger partial charge in [-0.15, -0.1) is 0 Å². The highest BCUT2D eigenvalue weighted by Crippen LogP contribution is 2.32. The molecule has 0 atom stereocenters. The predicted octanol–water partition coefficient (Wildman–Crippen LogP) is 3.41. The van der Waals surface area contributed by atoms with Gasteiger partial charge in [-0.3, -0.25) is 0 Å². The molecule has 2 rings (SSSR count). The van der Waals surface area contributed by atoms with E-state index in [0.29, 0.717) is 11.7 Å². The molecule has 0 radical (unpaired) electrons. The molecule has 24 heavy (non-hydrogen) atoms. The molecule has 2 aromatic carbocycles. The molecule has 130 valence electrons. The Hall–Kier alpha value is -1.86. The lowest BCUT2D eigenvalue weighted by Gasteiger charge is -2.13. The van der Waals surface area contributed by atoms with E-state index in [2.05, 4.69) is 0 Å². The normalized spacial score (nSPS) is 12.4. The third-order valence-corrected chi connectivity index (χ3v) is 5.72. The summed E-state index contributed by atoms with van der Waals surface area (Å²) in [5.74, 6) is 0.902. The molecular formula is C17H20O5S2. The second kappa shape index (κ2) is 6.57. The molecule has 0 aromatic heterocycles. The van der Waals surface area contributed by atoms with Crippen molar-refractivity contribution in [1.82, 2.24) is 0 Å². The minimum absolute atomic E-state index is 0.0637.